The Labute approximate surface area is 84.6 Å². The molecule has 3 nitrogen and oxygen atoms in total. The van der Waals surface area contributed by atoms with Gasteiger partial charge in [0.05, 0.1) is 0 Å². The number of carbonyl (C=O) groups is 1. The molecular weight excluding hydrogens is 178 g/mol. The van der Waals surface area contributed by atoms with Gasteiger partial charge in [-0.3, -0.25) is 4.79 Å². The first-order valence-corrected chi connectivity index (χ1v) is 4.66. The van der Waals surface area contributed by atoms with Gasteiger partial charge in [-0.2, -0.15) is 0 Å². The van der Waals surface area contributed by atoms with E-state index in [0.29, 0.717) is 0 Å². The number of carboxylic acid groups (broad SMARTS) is 1. The van der Waals surface area contributed by atoms with Gasteiger partial charge in [0, 0.05) is 6.42 Å². The Kier molecular flexibility index (Phi) is 7.46. The summed E-state index contributed by atoms with van der Waals surface area (Å²) in [5.41, 5.74) is 6.68. The van der Waals surface area contributed by atoms with Gasteiger partial charge in [0.25, 0.3) is 0 Å². The summed E-state index contributed by atoms with van der Waals surface area (Å²) in [4.78, 5) is 9.37. The quantitative estimate of drug-likeness (QED) is 0.771. The number of hydrogen-bond acceptors (Lipinski definition) is 2. The molecule has 1 aromatic rings. The lowest BCUT2D eigenvalue weighted by molar-refractivity contribution is -0.136. The number of carboxylic acids is 1. The van der Waals surface area contributed by atoms with Crippen LogP contribution in [0.3, 0.4) is 0 Å². The number of nitrogens with two attached hydrogens (primary N) is 1. The van der Waals surface area contributed by atoms with Gasteiger partial charge in [-0.1, -0.05) is 37.3 Å². The van der Waals surface area contributed by atoms with E-state index in [9.17, 15) is 4.79 Å². The largest absolute Gasteiger partial charge is 0.481 e. The van der Waals surface area contributed by atoms with Crippen molar-refractivity contribution in [3.8, 4) is 0 Å². The fourth-order valence-corrected chi connectivity index (χ4v) is 0.811. The maximum Gasteiger partial charge on any atom is 0.303 e. The summed E-state index contributed by atoms with van der Waals surface area (Å²) in [5, 5.41) is 7.72. The highest BCUT2D eigenvalue weighted by Crippen LogP contribution is 1.96. The summed E-state index contributed by atoms with van der Waals surface area (Å²) in [7, 11) is 0. The maximum absolute atomic E-state index is 9.37. The van der Waals surface area contributed by atoms with E-state index in [1.165, 1.54) is 5.56 Å². The maximum atomic E-state index is 9.37. The monoisotopic (exact) mass is 195 g/mol. The van der Waals surface area contributed by atoms with Crippen LogP contribution in [0, 0.1) is 0 Å². The second kappa shape index (κ2) is 8.26. The minimum atomic E-state index is -0.745. The van der Waals surface area contributed by atoms with Crippen molar-refractivity contribution in [2.45, 2.75) is 19.8 Å². The summed E-state index contributed by atoms with van der Waals surface area (Å²) in [6, 6.07) is 10.3. The molecule has 0 aliphatic rings. The third kappa shape index (κ3) is 7.31. The molecule has 0 saturated carbocycles. The molecule has 3 N–H and O–H groups in total. The molecule has 0 amide bonds. The zero-order valence-corrected chi connectivity index (χ0v) is 8.44. The van der Waals surface area contributed by atoms with Crippen LogP contribution in [0.4, 0.5) is 0 Å². The minimum absolute atomic E-state index is 0.222. The highest BCUT2D eigenvalue weighted by atomic mass is 16.4. The average Bonchev–Trinajstić information content (AvgIpc) is 2.21. The lowest BCUT2D eigenvalue weighted by Gasteiger charge is -1.93. The molecule has 1 aromatic carbocycles. The van der Waals surface area contributed by atoms with Crippen LogP contribution in [0.5, 0.6) is 0 Å². The summed E-state index contributed by atoms with van der Waals surface area (Å²) in [6.07, 6.45) is 1.21. The Bertz CT molecular complexity index is 247. The number of rotatable bonds is 3. The molecule has 1 rings (SSSR count). The Hall–Kier alpha value is -1.35. The molecular formula is C11H17NO2. The summed E-state index contributed by atoms with van der Waals surface area (Å²) in [5.74, 6) is -0.745. The Morgan fingerprint density at radius 3 is 2.21 bits per heavy atom. The molecule has 0 saturated heterocycles. The lowest BCUT2D eigenvalue weighted by atomic mass is 10.2. The van der Waals surface area contributed by atoms with Gasteiger partial charge in [0.2, 0.25) is 0 Å². The second-order valence-corrected chi connectivity index (χ2v) is 2.77. The molecule has 14 heavy (non-hydrogen) atoms. The molecule has 3 heteroatoms. The standard InChI is InChI=1S/C8H11N.C3H6O2/c9-7-6-8-4-2-1-3-5-8;1-2-3(4)5/h1-5H,6-7,9H2;2H2,1H3,(H,4,5). The second-order valence-electron chi connectivity index (χ2n) is 2.77. The fourth-order valence-electron chi connectivity index (χ4n) is 0.811. The van der Waals surface area contributed by atoms with E-state index in [4.69, 9.17) is 10.8 Å². The highest BCUT2D eigenvalue weighted by Gasteiger charge is 1.84. The molecule has 0 aromatic heterocycles. The molecule has 0 unspecified atom stereocenters. The smallest absolute Gasteiger partial charge is 0.303 e. The Balaban J connectivity index is 0.000000292. The molecule has 0 bridgehead atoms. The van der Waals surface area contributed by atoms with Gasteiger partial charge in [-0.15, -0.1) is 0 Å². The van der Waals surface area contributed by atoms with Crippen LogP contribution in [-0.2, 0) is 11.2 Å². The molecule has 0 aliphatic heterocycles. The van der Waals surface area contributed by atoms with E-state index in [1.54, 1.807) is 6.92 Å². The van der Waals surface area contributed by atoms with Crippen molar-refractivity contribution in [1.82, 2.24) is 0 Å². The molecule has 0 atom stereocenters. The lowest BCUT2D eigenvalue weighted by Crippen LogP contribution is -2.01. The third-order valence-corrected chi connectivity index (χ3v) is 1.58. The van der Waals surface area contributed by atoms with Crippen LogP contribution >= 0.6 is 0 Å². The zero-order valence-electron chi connectivity index (χ0n) is 8.44. The minimum Gasteiger partial charge on any atom is -0.481 e. The first-order valence-electron chi connectivity index (χ1n) is 4.66. The van der Waals surface area contributed by atoms with Crippen molar-refractivity contribution >= 4 is 5.97 Å². The van der Waals surface area contributed by atoms with Crippen LogP contribution < -0.4 is 5.73 Å². The van der Waals surface area contributed by atoms with Gasteiger partial charge >= 0.3 is 5.97 Å². The van der Waals surface area contributed by atoms with Crippen LogP contribution in [0.25, 0.3) is 0 Å². The molecule has 78 valence electrons. The van der Waals surface area contributed by atoms with Crippen molar-refractivity contribution in [2.24, 2.45) is 5.73 Å². The van der Waals surface area contributed by atoms with Crippen molar-refractivity contribution in [3.63, 3.8) is 0 Å². The van der Waals surface area contributed by atoms with E-state index in [-0.39, 0.29) is 6.42 Å². The first-order chi connectivity index (χ1) is 6.70. The zero-order chi connectivity index (χ0) is 10.8. The van der Waals surface area contributed by atoms with Crippen LogP contribution in [0.15, 0.2) is 30.3 Å². The third-order valence-electron chi connectivity index (χ3n) is 1.58. The van der Waals surface area contributed by atoms with E-state index >= 15 is 0 Å². The van der Waals surface area contributed by atoms with Gasteiger partial charge in [0.15, 0.2) is 0 Å². The van der Waals surface area contributed by atoms with E-state index in [2.05, 4.69) is 12.1 Å². The fraction of sp³-hybridized carbons (Fsp3) is 0.364. The molecule has 0 heterocycles. The Morgan fingerprint density at radius 1 is 1.36 bits per heavy atom. The SMILES string of the molecule is CCC(=O)O.NCCc1ccccc1. The summed E-state index contributed by atoms with van der Waals surface area (Å²) >= 11 is 0. The van der Waals surface area contributed by atoms with Crippen molar-refractivity contribution in [1.29, 1.82) is 0 Å². The number of aliphatic carboxylic acids is 1. The number of benzene rings is 1. The van der Waals surface area contributed by atoms with Gasteiger partial charge in [-0.25, -0.2) is 0 Å². The molecule has 0 fully saturated rings. The van der Waals surface area contributed by atoms with Crippen molar-refractivity contribution in [3.05, 3.63) is 35.9 Å². The predicted molar refractivity (Wildman–Crippen MR) is 57.1 cm³/mol. The van der Waals surface area contributed by atoms with E-state index in [1.807, 2.05) is 18.2 Å². The molecule has 0 spiro atoms. The average molecular weight is 195 g/mol. The summed E-state index contributed by atoms with van der Waals surface area (Å²) in [6.45, 7) is 2.34. The topological polar surface area (TPSA) is 63.3 Å². The Morgan fingerprint density at radius 2 is 1.86 bits per heavy atom. The first kappa shape index (κ1) is 12.7. The normalized spacial score (nSPS) is 8.71. The van der Waals surface area contributed by atoms with Gasteiger partial charge < -0.3 is 10.8 Å². The number of hydrogen-bond donors (Lipinski definition) is 2. The van der Waals surface area contributed by atoms with Gasteiger partial charge in [-0.05, 0) is 18.5 Å². The van der Waals surface area contributed by atoms with Crippen molar-refractivity contribution in [2.75, 3.05) is 6.54 Å². The van der Waals surface area contributed by atoms with E-state index in [0.717, 1.165) is 13.0 Å². The highest BCUT2D eigenvalue weighted by molar-refractivity contribution is 5.66. The van der Waals surface area contributed by atoms with Crippen LogP contribution in [-0.4, -0.2) is 17.6 Å². The van der Waals surface area contributed by atoms with Crippen LogP contribution in [0.2, 0.25) is 0 Å². The molecule has 0 aliphatic carbocycles. The predicted octanol–water partition coefficient (Wildman–Crippen LogP) is 1.67. The van der Waals surface area contributed by atoms with Gasteiger partial charge in [0.1, 0.15) is 0 Å². The summed E-state index contributed by atoms with van der Waals surface area (Å²) < 4.78 is 0. The van der Waals surface area contributed by atoms with Crippen molar-refractivity contribution < 1.29 is 9.90 Å². The van der Waals surface area contributed by atoms with Crippen LogP contribution in [0.1, 0.15) is 18.9 Å². The molecule has 0 radical (unpaired) electrons. The van der Waals surface area contributed by atoms with E-state index < -0.39 is 5.97 Å².